The molecule has 1 aromatic carbocycles. The van der Waals surface area contributed by atoms with Gasteiger partial charge < -0.3 is 19.4 Å². The summed E-state index contributed by atoms with van der Waals surface area (Å²) in [5, 5.41) is 9.68. The second-order valence-electron chi connectivity index (χ2n) is 6.50. The van der Waals surface area contributed by atoms with E-state index in [2.05, 4.69) is 4.98 Å². The van der Waals surface area contributed by atoms with E-state index in [0.717, 1.165) is 41.4 Å². The van der Waals surface area contributed by atoms with Gasteiger partial charge in [0, 0.05) is 17.8 Å². The number of pyridine rings is 1. The molecule has 0 atom stereocenters. The first-order valence-electron chi connectivity index (χ1n) is 8.15. The van der Waals surface area contributed by atoms with Crippen molar-refractivity contribution in [3.63, 3.8) is 0 Å². The summed E-state index contributed by atoms with van der Waals surface area (Å²) in [6, 6.07) is 9.60. The summed E-state index contributed by atoms with van der Waals surface area (Å²) in [5.41, 5.74) is 3.07. The molecule has 24 heavy (non-hydrogen) atoms. The molecule has 1 saturated heterocycles. The number of carbonyl (C=O) groups excluding carboxylic acids is 1. The molecule has 1 aromatic heterocycles. The fourth-order valence-corrected chi connectivity index (χ4v) is 2.89. The summed E-state index contributed by atoms with van der Waals surface area (Å²) in [5.74, 6) is 0.563. The molecular weight excluding hydrogens is 306 g/mol. The predicted molar refractivity (Wildman–Crippen MR) is 87.8 cm³/mol. The Morgan fingerprint density at radius 3 is 2.58 bits per heavy atom. The van der Waals surface area contributed by atoms with Crippen LogP contribution in [0.25, 0.3) is 11.1 Å². The molecule has 0 amide bonds. The fraction of sp³-hybridized carbons (Fsp3) is 0.368. The van der Waals surface area contributed by atoms with Crippen molar-refractivity contribution < 1.29 is 19.4 Å². The Labute approximate surface area is 140 Å². The van der Waals surface area contributed by atoms with Crippen LogP contribution < -0.4 is 4.74 Å². The summed E-state index contributed by atoms with van der Waals surface area (Å²) in [6.45, 7) is 0.797. The Bertz CT molecular complexity index is 748. The van der Waals surface area contributed by atoms with Gasteiger partial charge in [0.2, 0.25) is 5.88 Å². The third kappa shape index (κ3) is 2.70. The molecule has 0 spiro atoms. The van der Waals surface area contributed by atoms with Crippen LogP contribution in [0.1, 0.15) is 24.0 Å². The van der Waals surface area contributed by atoms with Crippen LogP contribution in [0.5, 0.6) is 5.88 Å². The molecule has 1 N–H and O–H groups in total. The molecule has 2 fully saturated rings. The number of ether oxygens (including phenoxy) is 2. The van der Waals surface area contributed by atoms with Gasteiger partial charge in [-0.2, -0.15) is 0 Å². The lowest BCUT2D eigenvalue weighted by molar-refractivity contribution is -0.129. The van der Waals surface area contributed by atoms with Crippen LogP contribution in [-0.4, -0.2) is 35.7 Å². The van der Waals surface area contributed by atoms with Crippen LogP contribution in [0.2, 0.25) is 0 Å². The van der Waals surface area contributed by atoms with Crippen LogP contribution in [-0.2, 0) is 21.6 Å². The molecular formula is C19H19NO4. The molecule has 2 aliphatic rings. The summed E-state index contributed by atoms with van der Waals surface area (Å²) >= 11 is 0. The number of carbonyl (C=O) groups is 1. The van der Waals surface area contributed by atoms with Crippen molar-refractivity contribution in [3.8, 4) is 17.0 Å². The first kappa shape index (κ1) is 15.3. The topological polar surface area (TPSA) is 68.7 Å². The van der Waals surface area contributed by atoms with Crippen LogP contribution in [0, 0.1) is 0 Å². The van der Waals surface area contributed by atoms with E-state index < -0.39 is 5.41 Å². The number of aromatic nitrogens is 1. The molecule has 4 rings (SSSR count). The Hall–Kier alpha value is -2.24. The van der Waals surface area contributed by atoms with Gasteiger partial charge in [-0.25, -0.2) is 4.98 Å². The lowest BCUT2D eigenvalue weighted by Gasteiger charge is -2.36. The van der Waals surface area contributed by atoms with Crippen LogP contribution in [0.15, 0.2) is 36.5 Å². The summed E-state index contributed by atoms with van der Waals surface area (Å²) < 4.78 is 10.9. The normalized spacial score (nSPS) is 18.7. The Balaban J connectivity index is 1.61. The number of aldehydes is 1. The molecule has 0 bridgehead atoms. The third-order valence-corrected chi connectivity index (χ3v) is 4.66. The van der Waals surface area contributed by atoms with E-state index >= 15 is 0 Å². The largest absolute Gasteiger partial charge is 0.474 e. The van der Waals surface area contributed by atoms with Crippen molar-refractivity contribution in [3.05, 3.63) is 47.7 Å². The van der Waals surface area contributed by atoms with E-state index in [4.69, 9.17) is 9.47 Å². The quantitative estimate of drug-likeness (QED) is 0.825. The molecule has 1 saturated carbocycles. The summed E-state index contributed by atoms with van der Waals surface area (Å²) in [6.07, 6.45) is 5.12. The van der Waals surface area contributed by atoms with E-state index in [9.17, 15) is 9.90 Å². The zero-order valence-corrected chi connectivity index (χ0v) is 13.3. The number of rotatable bonds is 6. The van der Waals surface area contributed by atoms with Gasteiger partial charge in [-0.1, -0.05) is 24.3 Å². The van der Waals surface area contributed by atoms with Crippen molar-refractivity contribution in [1.29, 1.82) is 0 Å². The second-order valence-corrected chi connectivity index (χ2v) is 6.50. The molecule has 1 aliphatic heterocycles. The zero-order chi connectivity index (χ0) is 16.6. The first-order chi connectivity index (χ1) is 11.7. The van der Waals surface area contributed by atoms with Crippen molar-refractivity contribution in [2.45, 2.75) is 31.0 Å². The molecule has 1 aliphatic carbocycles. The lowest BCUT2D eigenvalue weighted by Crippen LogP contribution is -2.48. The highest BCUT2D eigenvalue weighted by molar-refractivity contribution is 5.73. The smallest absolute Gasteiger partial charge is 0.213 e. The Morgan fingerprint density at radius 1 is 1.29 bits per heavy atom. The summed E-state index contributed by atoms with van der Waals surface area (Å²) in [4.78, 5) is 15.7. The van der Waals surface area contributed by atoms with E-state index in [-0.39, 0.29) is 12.7 Å². The minimum absolute atomic E-state index is 0.0766. The highest BCUT2D eigenvalue weighted by Gasteiger charge is 2.40. The maximum absolute atomic E-state index is 11.4. The maximum Gasteiger partial charge on any atom is 0.213 e. The van der Waals surface area contributed by atoms with E-state index in [1.54, 1.807) is 12.3 Å². The second kappa shape index (κ2) is 6.00. The van der Waals surface area contributed by atoms with Crippen molar-refractivity contribution in [1.82, 2.24) is 4.98 Å². The van der Waals surface area contributed by atoms with E-state index in [1.807, 2.05) is 24.3 Å². The molecule has 5 heteroatoms. The average molecular weight is 325 g/mol. The maximum atomic E-state index is 11.4. The van der Waals surface area contributed by atoms with Crippen LogP contribution in [0.3, 0.4) is 0 Å². The number of aliphatic hydroxyl groups is 1. The number of aliphatic hydroxyl groups excluding tert-OH is 1. The van der Waals surface area contributed by atoms with Crippen molar-refractivity contribution in [2.75, 3.05) is 13.2 Å². The van der Waals surface area contributed by atoms with Gasteiger partial charge in [0.1, 0.15) is 12.4 Å². The predicted octanol–water partition coefficient (Wildman–Crippen LogP) is 2.25. The van der Waals surface area contributed by atoms with E-state index in [0.29, 0.717) is 19.1 Å². The van der Waals surface area contributed by atoms with E-state index in [1.165, 1.54) is 0 Å². The molecule has 0 unspecified atom stereocenters. The van der Waals surface area contributed by atoms with Gasteiger partial charge in [0.05, 0.1) is 25.2 Å². The van der Waals surface area contributed by atoms with Crippen molar-refractivity contribution >= 4 is 6.29 Å². The van der Waals surface area contributed by atoms with Gasteiger partial charge in [-0.3, -0.25) is 0 Å². The SMILES string of the molecule is O=CC1(c2ccc(-c3cnc(OC4CC4)cc3CO)cc2)COC1. The molecule has 2 aromatic rings. The minimum atomic E-state index is -0.501. The summed E-state index contributed by atoms with van der Waals surface area (Å²) in [7, 11) is 0. The third-order valence-electron chi connectivity index (χ3n) is 4.66. The highest BCUT2D eigenvalue weighted by atomic mass is 16.5. The number of benzene rings is 1. The van der Waals surface area contributed by atoms with Gasteiger partial charge in [0.15, 0.2) is 0 Å². The first-order valence-corrected chi connectivity index (χ1v) is 8.15. The zero-order valence-electron chi connectivity index (χ0n) is 13.3. The molecule has 2 heterocycles. The lowest BCUT2D eigenvalue weighted by atomic mass is 9.79. The monoisotopic (exact) mass is 325 g/mol. The molecule has 0 radical (unpaired) electrons. The number of hydrogen-bond acceptors (Lipinski definition) is 5. The van der Waals surface area contributed by atoms with Crippen LogP contribution >= 0.6 is 0 Å². The highest BCUT2D eigenvalue weighted by Crippen LogP contribution is 2.33. The van der Waals surface area contributed by atoms with Gasteiger partial charge in [0.25, 0.3) is 0 Å². The number of hydrogen-bond donors (Lipinski definition) is 1. The van der Waals surface area contributed by atoms with Crippen molar-refractivity contribution in [2.24, 2.45) is 0 Å². The van der Waals surface area contributed by atoms with Gasteiger partial charge >= 0.3 is 0 Å². The average Bonchev–Trinajstić information content (AvgIpc) is 3.39. The van der Waals surface area contributed by atoms with Gasteiger partial charge in [-0.05, 0) is 29.5 Å². The Morgan fingerprint density at radius 2 is 2.04 bits per heavy atom. The van der Waals surface area contributed by atoms with Crippen LogP contribution in [0.4, 0.5) is 0 Å². The Kier molecular flexibility index (Phi) is 3.82. The molecule has 124 valence electrons. The fourth-order valence-electron chi connectivity index (χ4n) is 2.89. The van der Waals surface area contributed by atoms with Gasteiger partial charge in [-0.15, -0.1) is 0 Å². The molecule has 5 nitrogen and oxygen atoms in total. The standard InChI is InChI=1S/C19H19NO4/c21-9-14-7-18(24-16-5-6-16)20-8-17(14)13-1-3-15(4-2-13)19(10-22)11-23-12-19/h1-4,7-8,10,16,21H,5-6,9,11-12H2. The number of nitrogens with zero attached hydrogens (tertiary/aromatic N) is 1. The minimum Gasteiger partial charge on any atom is -0.474 e.